The first-order chi connectivity index (χ1) is 18.3. The highest BCUT2D eigenvalue weighted by atomic mass is 16.5. The van der Waals surface area contributed by atoms with E-state index in [1.165, 1.54) is 4.90 Å². The van der Waals surface area contributed by atoms with Crippen molar-refractivity contribution < 1.29 is 19.4 Å². The molecular formula is C30H32N4O4. The van der Waals surface area contributed by atoms with Crippen LogP contribution in [0.3, 0.4) is 0 Å². The first-order valence-corrected chi connectivity index (χ1v) is 12.8. The lowest BCUT2D eigenvalue weighted by Gasteiger charge is -2.34. The minimum Gasteiger partial charge on any atom is -0.507 e. The van der Waals surface area contributed by atoms with Crippen LogP contribution in [0.25, 0.3) is 5.76 Å². The van der Waals surface area contributed by atoms with Gasteiger partial charge in [0.15, 0.2) is 0 Å². The van der Waals surface area contributed by atoms with Gasteiger partial charge >= 0.3 is 0 Å². The molecule has 3 heterocycles. The molecule has 1 amide bonds. The number of benzene rings is 2. The molecule has 2 aliphatic rings. The number of rotatable bonds is 6. The van der Waals surface area contributed by atoms with Crippen LogP contribution in [0.1, 0.15) is 31.0 Å². The van der Waals surface area contributed by atoms with Crippen LogP contribution in [0.2, 0.25) is 0 Å². The number of hydrogen-bond acceptors (Lipinski definition) is 7. The highest BCUT2D eigenvalue weighted by molar-refractivity contribution is 6.51. The van der Waals surface area contributed by atoms with Crippen LogP contribution in [0.5, 0.6) is 5.75 Å². The molecule has 0 spiro atoms. The number of ether oxygens (including phenoxy) is 1. The van der Waals surface area contributed by atoms with Gasteiger partial charge < -0.3 is 19.6 Å². The van der Waals surface area contributed by atoms with E-state index in [9.17, 15) is 14.7 Å². The Kier molecular flexibility index (Phi) is 7.15. The Labute approximate surface area is 222 Å². The second-order valence-electron chi connectivity index (χ2n) is 9.96. The number of hydrogen-bond donors (Lipinski definition) is 1. The van der Waals surface area contributed by atoms with E-state index in [0.29, 0.717) is 22.6 Å². The molecule has 1 atom stereocenters. The Bertz CT molecular complexity index is 1350. The van der Waals surface area contributed by atoms with Crippen molar-refractivity contribution in [3.8, 4) is 5.75 Å². The minimum atomic E-state index is -0.826. The van der Waals surface area contributed by atoms with Gasteiger partial charge in [0, 0.05) is 55.5 Å². The predicted molar refractivity (Wildman–Crippen MR) is 147 cm³/mol. The number of likely N-dealkylation sites (N-methyl/N-ethyl adjacent to an activating group) is 1. The Morgan fingerprint density at radius 1 is 0.974 bits per heavy atom. The molecule has 1 N–H and O–H groups in total. The standard InChI is InChI=1S/C30H32N4O4/c1-20(2)38-25-8-4-6-21(18-25)28(35)26-27(22-7-5-13-31-19-22)34(30(37)29(26)36)24-11-9-23(10-12-24)33-16-14-32(3)15-17-33/h4-13,18-20,27,35H,14-17H2,1-3H3/b28-26+. The molecular weight excluding hydrogens is 480 g/mol. The molecule has 8 heteroatoms. The van der Waals surface area contributed by atoms with Crippen molar-refractivity contribution in [1.29, 1.82) is 0 Å². The van der Waals surface area contributed by atoms with E-state index in [4.69, 9.17) is 4.74 Å². The van der Waals surface area contributed by atoms with Crippen molar-refractivity contribution in [3.05, 3.63) is 89.8 Å². The third-order valence-corrected chi connectivity index (χ3v) is 6.92. The van der Waals surface area contributed by atoms with Crippen LogP contribution in [0.4, 0.5) is 11.4 Å². The fraction of sp³-hybridized carbons (Fsp3) is 0.300. The van der Waals surface area contributed by atoms with Crippen molar-refractivity contribution in [2.24, 2.45) is 0 Å². The Morgan fingerprint density at radius 3 is 2.34 bits per heavy atom. The van der Waals surface area contributed by atoms with E-state index in [-0.39, 0.29) is 17.4 Å². The van der Waals surface area contributed by atoms with E-state index in [2.05, 4.69) is 21.8 Å². The Hall–Kier alpha value is -4.17. The summed E-state index contributed by atoms with van der Waals surface area (Å²) in [5.41, 5.74) is 2.70. The summed E-state index contributed by atoms with van der Waals surface area (Å²) in [5.74, 6) is -1.12. The maximum Gasteiger partial charge on any atom is 0.300 e. The molecule has 0 aliphatic carbocycles. The zero-order chi connectivity index (χ0) is 26.8. The lowest BCUT2D eigenvalue weighted by atomic mass is 9.96. The van der Waals surface area contributed by atoms with Crippen molar-refractivity contribution in [1.82, 2.24) is 9.88 Å². The number of pyridine rings is 1. The number of carbonyl (C=O) groups is 2. The lowest BCUT2D eigenvalue weighted by Crippen LogP contribution is -2.44. The van der Waals surface area contributed by atoms with E-state index in [0.717, 1.165) is 31.9 Å². The summed E-state index contributed by atoms with van der Waals surface area (Å²) < 4.78 is 5.77. The summed E-state index contributed by atoms with van der Waals surface area (Å²) >= 11 is 0. The van der Waals surface area contributed by atoms with E-state index in [1.54, 1.807) is 48.8 Å². The second-order valence-corrected chi connectivity index (χ2v) is 9.96. The molecule has 2 fully saturated rings. The number of nitrogens with zero attached hydrogens (tertiary/aromatic N) is 4. The molecule has 2 saturated heterocycles. The van der Waals surface area contributed by atoms with Crippen LogP contribution < -0.4 is 14.5 Å². The Morgan fingerprint density at radius 2 is 1.68 bits per heavy atom. The summed E-state index contributed by atoms with van der Waals surface area (Å²) in [4.78, 5) is 37.1. The van der Waals surface area contributed by atoms with Gasteiger partial charge in [-0.05, 0) is 68.9 Å². The minimum absolute atomic E-state index is 0.0211. The van der Waals surface area contributed by atoms with Gasteiger partial charge in [0.1, 0.15) is 11.5 Å². The number of anilines is 2. The maximum atomic E-state index is 13.4. The molecule has 0 saturated carbocycles. The highest BCUT2D eigenvalue weighted by Gasteiger charge is 2.47. The fourth-order valence-electron chi connectivity index (χ4n) is 4.99. The summed E-state index contributed by atoms with van der Waals surface area (Å²) in [6, 6.07) is 17.3. The van der Waals surface area contributed by atoms with Crippen molar-refractivity contribution >= 4 is 28.8 Å². The smallest absolute Gasteiger partial charge is 0.300 e. The third-order valence-electron chi connectivity index (χ3n) is 6.92. The summed E-state index contributed by atoms with van der Waals surface area (Å²) in [5, 5.41) is 11.4. The molecule has 0 radical (unpaired) electrons. The predicted octanol–water partition coefficient (Wildman–Crippen LogP) is 4.25. The lowest BCUT2D eigenvalue weighted by molar-refractivity contribution is -0.132. The van der Waals surface area contributed by atoms with E-state index >= 15 is 0 Å². The molecule has 2 aliphatic heterocycles. The molecule has 1 aromatic heterocycles. The van der Waals surface area contributed by atoms with Gasteiger partial charge in [0.25, 0.3) is 11.7 Å². The SMILES string of the molecule is CC(C)Oc1cccc(/C(O)=C2\C(=O)C(=O)N(c3ccc(N4CCN(C)CC4)cc3)C2c2cccnc2)c1. The van der Waals surface area contributed by atoms with Crippen molar-refractivity contribution in [2.45, 2.75) is 26.0 Å². The molecule has 3 aromatic rings. The second kappa shape index (κ2) is 10.7. The number of carbonyl (C=O) groups excluding carboxylic acids is 2. The summed E-state index contributed by atoms with van der Waals surface area (Å²) in [6.07, 6.45) is 3.20. The van der Waals surface area contributed by atoms with Gasteiger partial charge in [-0.2, -0.15) is 0 Å². The van der Waals surface area contributed by atoms with Gasteiger partial charge in [-0.3, -0.25) is 19.5 Å². The number of ketones is 1. The summed E-state index contributed by atoms with van der Waals surface area (Å²) in [7, 11) is 2.11. The Balaban J connectivity index is 1.55. The van der Waals surface area contributed by atoms with Crippen LogP contribution in [0.15, 0.2) is 78.6 Å². The largest absolute Gasteiger partial charge is 0.507 e. The van der Waals surface area contributed by atoms with Gasteiger partial charge in [-0.1, -0.05) is 18.2 Å². The quantitative estimate of drug-likeness (QED) is 0.300. The van der Waals surface area contributed by atoms with Crippen molar-refractivity contribution in [2.75, 3.05) is 43.0 Å². The average Bonchev–Trinajstić information content (AvgIpc) is 3.19. The van der Waals surface area contributed by atoms with Crippen LogP contribution in [-0.4, -0.2) is 66.0 Å². The van der Waals surface area contributed by atoms with Gasteiger partial charge in [-0.25, -0.2) is 0 Å². The number of aliphatic hydroxyl groups excluding tert-OH is 1. The zero-order valence-corrected chi connectivity index (χ0v) is 21.9. The average molecular weight is 513 g/mol. The van der Waals surface area contributed by atoms with Crippen LogP contribution in [-0.2, 0) is 9.59 Å². The molecule has 2 aromatic carbocycles. The number of piperazine rings is 1. The molecule has 8 nitrogen and oxygen atoms in total. The van der Waals surface area contributed by atoms with E-state index in [1.807, 2.05) is 38.1 Å². The molecule has 1 unspecified atom stereocenters. The topological polar surface area (TPSA) is 86.2 Å². The number of Topliss-reactive ketones (excluding diaryl/α,β-unsaturated/α-hetero) is 1. The molecule has 38 heavy (non-hydrogen) atoms. The van der Waals surface area contributed by atoms with Crippen LogP contribution >= 0.6 is 0 Å². The number of aliphatic hydroxyl groups is 1. The fourth-order valence-corrected chi connectivity index (χ4v) is 4.99. The molecule has 196 valence electrons. The normalized spacial score (nSPS) is 19.8. The van der Waals surface area contributed by atoms with E-state index < -0.39 is 17.7 Å². The highest BCUT2D eigenvalue weighted by Crippen LogP contribution is 2.42. The first kappa shape index (κ1) is 25.5. The number of aromatic nitrogens is 1. The zero-order valence-electron chi connectivity index (χ0n) is 21.9. The van der Waals surface area contributed by atoms with Gasteiger partial charge in [0.2, 0.25) is 0 Å². The van der Waals surface area contributed by atoms with Gasteiger partial charge in [0.05, 0.1) is 17.7 Å². The number of amides is 1. The first-order valence-electron chi connectivity index (χ1n) is 12.8. The van der Waals surface area contributed by atoms with Crippen molar-refractivity contribution in [3.63, 3.8) is 0 Å². The third kappa shape index (κ3) is 4.99. The summed E-state index contributed by atoms with van der Waals surface area (Å²) in [6.45, 7) is 7.65. The monoisotopic (exact) mass is 512 g/mol. The molecule has 5 rings (SSSR count). The van der Waals surface area contributed by atoms with Crippen LogP contribution in [0, 0.1) is 0 Å². The maximum absolute atomic E-state index is 13.4. The van der Waals surface area contributed by atoms with Gasteiger partial charge in [-0.15, -0.1) is 0 Å². The molecule has 0 bridgehead atoms.